The highest BCUT2D eigenvalue weighted by Gasteiger charge is 2.14. The summed E-state index contributed by atoms with van der Waals surface area (Å²) >= 11 is 0. The molecule has 0 amide bonds. The van der Waals surface area contributed by atoms with E-state index >= 15 is 0 Å². The van der Waals surface area contributed by atoms with Gasteiger partial charge in [0.2, 0.25) is 5.69 Å². The molecule has 21 heavy (non-hydrogen) atoms. The van der Waals surface area contributed by atoms with Gasteiger partial charge in [0, 0.05) is 29.5 Å². The summed E-state index contributed by atoms with van der Waals surface area (Å²) in [7, 11) is 2.08. The van der Waals surface area contributed by atoms with Gasteiger partial charge in [-0.05, 0) is 49.2 Å². The van der Waals surface area contributed by atoms with Crippen molar-refractivity contribution in [1.29, 1.82) is 0 Å². The molecule has 2 heteroatoms. The zero-order chi connectivity index (χ0) is 14.8. The fourth-order valence-corrected chi connectivity index (χ4v) is 2.73. The van der Waals surface area contributed by atoms with Crippen molar-refractivity contribution < 1.29 is 4.57 Å². The highest BCUT2D eigenvalue weighted by atomic mass is 14.9. The lowest BCUT2D eigenvalue weighted by molar-refractivity contribution is -0.660. The molecule has 0 unspecified atom stereocenters. The third kappa shape index (κ3) is 2.57. The lowest BCUT2D eigenvalue weighted by Crippen LogP contribution is -2.30. The van der Waals surface area contributed by atoms with Gasteiger partial charge in [-0.2, -0.15) is 0 Å². The molecule has 2 aromatic heterocycles. The minimum Gasteiger partial charge on any atom is -0.256 e. The van der Waals surface area contributed by atoms with Crippen molar-refractivity contribution >= 4 is 0 Å². The highest BCUT2D eigenvalue weighted by molar-refractivity contribution is 5.73. The van der Waals surface area contributed by atoms with E-state index in [-0.39, 0.29) is 0 Å². The summed E-state index contributed by atoms with van der Waals surface area (Å²) in [6.45, 7) is 4.31. The summed E-state index contributed by atoms with van der Waals surface area (Å²) in [5.41, 5.74) is 7.23. The number of rotatable bonds is 2. The average molecular weight is 275 g/mol. The van der Waals surface area contributed by atoms with E-state index in [0.717, 1.165) is 5.69 Å². The first-order valence-electron chi connectivity index (χ1n) is 7.14. The standard InChI is InChI=1S/C19H19N2/c1-14-12-15(2)17(19-9-5-7-11-21(19)3)13-16(14)18-8-4-6-10-20-18/h4-13H,1-3H3/q+1. The van der Waals surface area contributed by atoms with Crippen molar-refractivity contribution in [3.8, 4) is 22.5 Å². The first kappa shape index (κ1) is 13.5. The zero-order valence-corrected chi connectivity index (χ0v) is 12.7. The maximum Gasteiger partial charge on any atom is 0.212 e. The van der Waals surface area contributed by atoms with Crippen LogP contribution in [-0.2, 0) is 7.05 Å². The molecule has 0 atom stereocenters. The number of aromatic nitrogens is 2. The monoisotopic (exact) mass is 275 g/mol. The van der Waals surface area contributed by atoms with E-state index in [1.165, 1.54) is 27.9 Å². The van der Waals surface area contributed by atoms with Gasteiger partial charge in [-0.15, -0.1) is 0 Å². The van der Waals surface area contributed by atoms with E-state index in [4.69, 9.17) is 0 Å². The third-order valence-electron chi connectivity index (χ3n) is 3.84. The fourth-order valence-electron chi connectivity index (χ4n) is 2.73. The fraction of sp³-hybridized carbons (Fsp3) is 0.158. The maximum absolute atomic E-state index is 4.49. The third-order valence-corrected chi connectivity index (χ3v) is 3.84. The Bertz CT molecular complexity index is 777. The van der Waals surface area contributed by atoms with Crippen LogP contribution in [0, 0.1) is 13.8 Å². The van der Waals surface area contributed by atoms with Gasteiger partial charge in [0.05, 0.1) is 5.69 Å². The lowest BCUT2D eigenvalue weighted by Gasteiger charge is -2.11. The molecule has 0 spiro atoms. The van der Waals surface area contributed by atoms with Crippen LogP contribution < -0.4 is 4.57 Å². The van der Waals surface area contributed by atoms with Crippen LogP contribution in [0.25, 0.3) is 22.5 Å². The quantitative estimate of drug-likeness (QED) is 0.649. The topological polar surface area (TPSA) is 16.8 Å². The number of aryl methyl sites for hydroxylation is 3. The van der Waals surface area contributed by atoms with Crippen molar-refractivity contribution in [1.82, 2.24) is 4.98 Å². The van der Waals surface area contributed by atoms with Crippen LogP contribution in [0.3, 0.4) is 0 Å². The number of pyridine rings is 2. The van der Waals surface area contributed by atoms with Crippen LogP contribution in [0.15, 0.2) is 60.9 Å². The SMILES string of the molecule is Cc1cc(C)c(-c2cccc[n+]2C)cc1-c1ccccn1. The van der Waals surface area contributed by atoms with Crippen LogP contribution in [0.1, 0.15) is 11.1 Å². The van der Waals surface area contributed by atoms with Gasteiger partial charge in [0.1, 0.15) is 7.05 Å². The Morgan fingerprint density at radius 2 is 1.62 bits per heavy atom. The van der Waals surface area contributed by atoms with Gasteiger partial charge >= 0.3 is 0 Å². The molecule has 3 aromatic rings. The Kier molecular flexibility index (Phi) is 3.53. The van der Waals surface area contributed by atoms with Crippen molar-refractivity contribution in [2.45, 2.75) is 13.8 Å². The summed E-state index contributed by atoms with van der Waals surface area (Å²) < 4.78 is 2.15. The molecule has 0 aliphatic heterocycles. The molecular formula is C19H19N2+. The number of hydrogen-bond acceptors (Lipinski definition) is 1. The van der Waals surface area contributed by atoms with Crippen LogP contribution in [0.4, 0.5) is 0 Å². The molecule has 2 heterocycles. The molecule has 104 valence electrons. The van der Waals surface area contributed by atoms with Crippen molar-refractivity contribution in [2.75, 3.05) is 0 Å². The van der Waals surface area contributed by atoms with Crippen LogP contribution in [0.5, 0.6) is 0 Å². The maximum atomic E-state index is 4.49. The summed E-state index contributed by atoms with van der Waals surface area (Å²) in [6.07, 6.45) is 3.92. The molecule has 0 N–H and O–H groups in total. The molecule has 0 fully saturated rings. The van der Waals surface area contributed by atoms with E-state index < -0.39 is 0 Å². The molecule has 0 aliphatic rings. The minimum atomic E-state index is 1.02. The molecule has 2 nitrogen and oxygen atoms in total. The van der Waals surface area contributed by atoms with E-state index in [1.54, 1.807) is 0 Å². The number of benzene rings is 1. The molecular weight excluding hydrogens is 256 g/mol. The zero-order valence-electron chi connectivity index (χ0n) is 12.7. The predicted molar refractivity (Wildman–Crippen MR) is 85.8 cm³/mol. The molecule has 0 saturated heterocycles. The van der Waals surface area contributed by atoms with Gasteiger partial charge in [0.15, 0.2) is 6.20 Å². The Hall–Kier alpha value is -2.48. The van der Waals surface area contributed by atoms with E-state index in [9.17, 15) is 0 Å². The average Bonchev–Trinajstić information content (AvgIpc) is 2.49. The molecule has 0 bridgehead atoms. The first-order chi connectivity index (χ1) is 10.2. The lowest BCUT2D eigenvalue weighted by atomic mass is 9.95. The van der Waals surface area contributed by atoms with Crippen LogP contribution in [0.2, 0.25) is 0 Å². The predicted octanol–water partition coefficient (Wildman–Crippen LogP) is 3.86. The molecule has 0 saturated carbocycles. The Labute approximate surface area is 125 Å². The van der Waals surface area contributed by atoms with Gasteiger partial charge in [-0.1, -0.05) is 12.1 Å². The largest absolute Gasteiger partial charge is 0.256 e. The number of nitrogens with zero attached hydrogens (tertiary/aromatic N) is 2. The van der Waals surface area contributed by atoms with Crippen molar-refractivity contribution in [3.63, 3.8) is 0 Å². The van der Waals surface area contributed by atoms with E-state index in [2.05, 4.69) is 67.0 Å². The Balaban J connectivity index is 2.22. The summed E-state index contributed by atoms with van der Waals surface area (Å²) in [5.74, 6) is 0. The highest BCUT2D eigenvalue weighted by Crippen LogP contribution is 2.29. The first-order valence-corrected chi connectivity index (χ1v) is 7.14. The van der Waals surface area contributed by atoms with Crippen molar-refractivity contribution in [3.05, 3.63) is 72.1 Å². The van der Waals surface area contributed by atoms with Gasteiger partial charge in [-0.3, -0.25) is 4.98 Å². The van der Waals surface area contributed by atoms with Gasteiger partial charge in [-0.25, -0.2) is 4.57 Å². The molecule has 0 radical (unpaired) electrons. The van der Waals surface area contributed by atoms with Crippen molar-refractivity contribution in [2.24, 2.45) is 7.05 Å². The molecule has 3 rings (SSSR count). The minimum absolute atomic E-state index is 1.02. The smallest absolute Gasteiger partial charge is 0.212 e. The second-order valence-corrected chi connectivity index (χ2v) is 5.39. The second-order valence-electron chi connectivity index (χ2n) is 5.39. The van der Waals surface area contributed by atoms with Gasteiger partial charge < -0.3 is 0 Å². The van der Waals surface area contributed by atoms with E-state index in [0.29, 0.717) is 0 Å². The summed E-state index contributed by atoms with van der Waals surface area (Å²) in [4.78, 5) is 4.49. The normalized spacial score (nSPS) is 10.6. The van der Waals surface area contributed by atoms with Gasteiger partial charge in [0.25, 0.3) is 0 Å². The molecule has 0 aliphatic carbocycles. The number of hydrogen-bond donors (Lipinski definition) is 0. The summed E-state index contributed by atoms with van der Waals surface area (Å²) in [5, 5.41) is 0. The van der Waals surface area contributed by atoms with Crippen LogP contribution >= 0.6 is 0 Å². The summed E-state index contributed by atoms with van der Waals surface area (Å²) in [6, 6.07) is 16.8. The van der Waals surface area contributed by atoms with Crippen LogP contribution in [-0.4, -0.2) is 4.98 Å². The second kappa shape index (κ2) is 5.49. The Morgan fingerprint density at radius 3 is 2.33 bits per heavy atom. The van der Waals surface area contributed by atoms with E-state index in [1.807, 2.05) is 24.4 Å². The Morgan fingerprint density at radius 1 is 0.857 bits per heavy atom. The molecule has 1 aromatic carbocycles.